The Kier molecular flexibility index (Phi) is 7.62. The molecule has 5 nitrogen and oxygen atoms in total. The largest absolute Gasteiger partial charge is 0.490 e. The molecule has 0 aromatic heterocycles. The summed E-state index contributed by atoms with van der Waals surface area (Å²) in [7, 11) is 0. The Morgan fingerprint density at radius 1 is 1.30 bits per heavy atom. The van der Waals surface area contributed by atoms with E-state index in [9.17, 15) is 4.79 Å². The molecule has 1 aromatic rings. The van der Waals surface area contributed by atoms with Crippen molar-refractivity contribution < 1.29 is 14.3 Å². The van der Waals surface area contributed by atoms with E-state index in [-0.39, 0.29) is 6.04 Å². The zero-order chi connectivity index (χ0) is 17.3. The summed E-state index contributed by atoms with van der Waals surface area (Å²) in [4.78, 5) is 11.6. The maximum atomic E-state index is 11.6. The molecule has 0 aliphatic carbocycles. The zero-order valence-electron chi connectivity index (χ0n) is 14.5. The minimum Gasteiger partial charge on any atom is -0.490 e. The molecule has 0 fully saturated rings. The molecule has 0 aliphatic heterocycles. The van der Waals surface area contributed by atoms with Gasteiger partial charge in [-0.1, -0.05) is 24.8 Å². The van der Waals surface area contributed by atoms with Crippen LogP contribution in [0.4, 0.5) is 4.79 Å². The maximum absolute atomic E-state index is 11.6. The molecule has 0 bridgehead atoms. The van der Waals surface area contributed by atoms with E-state index in [1.165, 1.54) is 0 Å². The van der Waals surface area contributed by atoms with E-state index in [0.717, 1.165) is 17.9 Å². The predicted molar refractivity (Wildman–Crippen MR) is 92.7 cm³/mol. The second kappa shape index (κ2) is 9.20. The molecule has 23 heavy (non-hydrogen) atoms. The van der Waals surface area contributed by atoms with Crippen LogP contribution in [-0.2, 0) is 11.3 Å². The van der Waals surface area contributed by atoms with Gasteiger partial charge in [-0.05, 0) is 45.4 Å². The molecular weight excluding hydrogens is 292 g/mol. The Bertz CT molecular complexity index is 492. The van der Waals surface area contributed by atoms with E-state index >= 15 is 0 Å². The average Bonchev–Trinajstić information content (AvgIpc) is 2.48. The molecule has 5 heteroatoms. The molecular formula is C18H28N2O3. The summed E-state index contributed by atoms with van der Waals surface area (Å²) in [5, 5.41) is 6.11. The Labute approximate surface area is 139 Å². The fourth-order valence-corrected chi connectivity index (χ4v) is 1.77. The van der Waals surface area contributed by atoms with Gasteiger partial charge in [0.1, 0.15) is 18.0 Å². The molecule has 0 heterocycles. The van der Waals surface area contributed by atoms with Crippen molar-refractivity contribution in [3.8, 4) is 5.75 Å². The van der Waals surface area contributed by atoms with Crippen LogP contribution in [-0.4, -0.2) is 30.9 Å². The van der Waals surface area contributed by atoms with Gasteiger partial charge in [-0.15, -0.1) is 0 Å². The quantitative estimate of drug-likeness (QED) is 0.722. The minimum atomic E-state index is -0.476. The van der Waals surface area contributed by atoms with Crippen LogP contribution in [0.15, 0.2) is 36.9 Å². The van der Waals surface area contributed by atoms with Crippen molar-refractivity contribution in [3.05, 3.63) is 42.5 Å². The third kappa shape index (κ3) is 8.88. The molecule has 1 atom stereocenters. The standard InChI is InChI=1S/C18H28N2O3/c1-6-11-22-16-9-7-15(8-10-16)13-19-14(2)12-20-17(21)23-18(3,4)5/h6-10,14,19H,1,11-13H2,2-5H3,(H,20,21). The normalized spacial score (nSPS) is 12.3. The lowest BCUT2D eigenvalue weighted by molar-refractivity contribution is 0.0523. The van der Waals surface area contributed by atoms with Gasteiger partial charge in [-0.2, -0.15) is 0 Å². The molecule has 1 rings (SSSR count). The van der Waals surface area contributed by atoms with E-state index in [0.29, 0.717) is 13.2 Å². The fraction of sp³-hybridized carbons (Fsp3) is 0.500. The van der Waals surface area contributed by atoms with Gasteiger partial charge >= 0.3 is 6.09 Å². The summed E-state index contributed by atoms with van der Waals surface area (Å²) in [5.74, 6) is 0.827. The topological polar surface area (TPSA) is 59.6 Å². The summed E-state index contributed by atoms with van der Waals surface area (Å²) in [6.45, 7) is 12.9. The number of hydrogen-bond donors (Lipinski definition) is 2. The van der Waals surface area contributed by atoms with Crippen molar-refractivity contribution in [2.24, 2.45) is 0 Å². The molecule has 1 unspecified atom stereocenters. The van der Waals surface area contributed by atoms with Gasteiger partial charge in [0, 0.05) is 19.1 Å². The SMILES string of the molecule is C=CCOc1ccc(CNC(C)CNC(=O)OC(C)(C)C)cc1. The van der Waals surface area contributed by atoms with Crippen molar-refractivity contribution in [3.63, 3.8) is 0 Å². The molecule has 0 spiro atoms. The third-order valence-electron chi connectivity index (χ3n) is 2.90. The van der Waals surface area contributed by atoms with Gasteiger partial charge in [-0.25, -0.2) is 4.79 Å². The zero-order valence-corrected chi connectivity index (χ0v) is 14.5. The Hall–Kier alpha value is -2.01. The number of nitrogens with one attached hydrogen (secondary N) is 2. The Balaban J connectivity index is 2.28. The van der Waals surface area contributed by atoms with Gasteiger partial charge in [0.05, 0.1) is 0 Å². The number of amides is 1. The summed E-state index contributed by atoms with van der Waals surface area (Å²) in [5.41, 5.74) is 0.677. The number of alkyl carbamates (subject to hydrolysis) is 1. The first-order chi connectivity index (χ1) is 10.8. The molecule has 0 saturated heterocycles. The van der Waals surface area contributed by atoms with Crippen LogP contribution < -0.4 is 15.4 Å². The number of hydrogen-bond acceptors (Lipinski definition) is 4. The maximum Gasteiger partial charge on any atom is 0.407 e. The number of ether oxygens (including phenoxy) is 2. The van der Waals surface area contributed by atoms with Crippen LogP contribution in [0.25, 0.3) is 0 Å². The second-order valence-electron chi connectivity index (χ2n) is 6.41. The molecule has 1 aromatic carbocycles. The summed E-state index contributed by atoms with van der Waals surface area (Å²) in [6, 6.07) is 8.03. The Morgan fingerprint density at radius 2 is 1.96 bits per heavy atom. The van der Waals surface area contributed by atoms with E-state index in [1.54, 1.807) is 6.08 Å². The van der Waals surface area contributed by atoms with Crippen molar-refractivity contribution in [2.75, 3.05) is 13.2 Å². The number of rotatable bonds is 8. The first-order valence-corrected chi connectivity index (χ1v) is 7.83. The van der Waals surface area contributed by atoms with Crippen molar-refractivity contribution in [2.45, 2.75) is 45.9 Å². The smallest absolute Gasteiger partial charge is 0.407 e. The van der Waals surface area contributed by atoms with E-state index < -0.39 is 11.7 Å². The van der Waals surface area contributed by atoms with Gasteiger partial charge in [-0.3, -0.25) is 0 Å². The van der Waals surface area contributed by atoms with Crippen LogP contribution in [0, 0.1) is 0 Å². The number of benzene rings is 1. The van der Waals surface area contributed by atoms with Gasteiger partial charge in [0.2, 0.25) is 0 Å². The molecule has 0 radical (unpaired) electrons. The van der Waals surface area contributed by atoms with E-state index in [4.69, 9.17) is 9.47 Å². The summed E-state index contributed by atoms with van der Waals surface area (Å²) >= 11 is 0. The van der Waals surface area contributed by atoms with Crippen LogP contribution in [0.3, 0.4) is 0 Å². The highest BCUT2D eigenvalue weighted by molar-refractivity contribution is 5.67. The number of carbonyl (C=O) groups excluding carboxylic acids is 1. The summed E-state index contributed by atoms with van der Waals surface area (Å²) in [6.07, 6.45) is 1.32. The first-order valence-electron chi connectivity index (χ1n) is 7.83. The monoisotopic (exact) mass is 320 g/mol. The third-order valence-corrected chi connectivity index (χ3v) is 2.90. The lowest BCUT2D eigenvalue weighted by Crippen LogP contribution is -2.40. The lowest BCUT2D eigenvalue weighted by Gasteiger charge is -2.21. The lowest BCUT2D eigenvalue weighted by atomic mass is 10.2. The summed E-state index contributed by atoms with van der Waals surface area (Å²) < 4.78 is 10.6. The highest BCUT2D eigenvalue weighted by Crippen LogP contribution is 2.12. The first kappa shape index (κ1) is 19.0. The molecule has 1 amide bonds. The van der Waals surface area contributed by atoms with E-state index in [2.05, 4.69) is 17.2 Å². The predicted octanol–water partition coefficient (Wildman–Crippen LogP) is 3.25. The highest BCUT2D eigenvalue weighted by atomic mass is 16.6. The Morgan fingerprint density at radius 3 is 2.52 bits per heavy atom. The average molecular weight is 320 g/mol. The van der Waals surface area contributed by atoms with Gasteiger partial charge < -0.3 is 20.1 Å². The molecule has 0 saturated carbocycles. The van der Waals surface area contributed by atoms with Gasteiger partial charge in [0.15, 0.2) is 0 Å². The van der Waals surface area contributed by atoms with Crippen LogP contribution in [0.1, 0.15) is 33.3 Å². The van der Waals surface area contributed by atoms with Crippen LogP contribution >= 0.6 is 0 Å². The minimum absolute atomic E-state index is 0.138. The molecule has 0 aliphatic rings. The second-order valence-corrected chi connectivity index (χ2v) is 6.41. The van der Waals surface area contributed by atoms with Crippen molar-refractivity contribution in [1.29, 1.82) is 0 Å². The molecule has 128 valence electrons. The van der Waals surface area contributed by atoms with E-state index in [1.807, 2.05) is 52.0 Å². The number of carbonyl (C=O) groups is 1. The molecule has 2 N–H and O–H groups in total. The highest BCUT2D eigenvalue weighted by Gasteiger charge is 2.16. The van der Waals surface area contributed by atoms with Crippen molar-refractivity contribution in [1.82, 2.24) is 10.6 Å². The fourth-order valence-electron chi connectivity index (χ4n) is 1.77. The van der Waals surface area contributed by atoms with Crippen LogP contribution in [0.5, 0.6) is 5.75 Å². The van der Waals surface area contributed by atoms with Crippen molar-refractivity contribution >= 4 is 6.09 Å². The van der Waals surface area contributed by atoms with Gasteiger partial charge in [0.25, 0.3) is 0 Å². The van der Waals surface area contributed by atoms with Crippen LogP contribution in [0.2, 0.25) is 0 Å².